The lowest BCUT2D eigenvalue weighted by Crippen LogP contribution is -2.44. The highest BCUT2D eigenvalue weighted by Crippen LogP contribution is 2.23. The molecule has 1 amide bonds. The Balaban J connectivity index is 2.21. The first-order chi connectivity index (χ1) is 9.13. The van der Waals surface area contributed by atoms with E-state index >= 15 is 0 Å². The minimum Gasteiger partial charge on any atom is -0.508 e. The summed E-state index contributed by atoms with van der Waals surface area (Å²) in [5.74, 6) is -1.16. The van der Waals surface area contributed by atoms with Gasteiger partial charge in [-0.3, -0.25) is 4.79 Å². The molecular formula is C14H19FN2O2. The number of piperidine rings is 1. The second kappa shape index (κ2) is 6.02. The normalized spacial score (nSPS) is 19.5. The van der Waals surface area contributed by atoms with Crippen LogP contribution in [0.1, 0.15) is 36.0 Å². The molecular weight excluding hydrogens is 247 g/mol. The van der Waals surface area contributed by atoms with Crippen molar-refractivity contribution in [3.8, 4) is 5.75 Å². The van der Waals surface area contributed by atoms with Crippen molar-refractivity contribution in [2.45, 2.75) is 31.7 Å². The van der Waals surface area contributed by atoms with Gasteiger partial charge in [-0.1, -0.05) is 0 Å². The summed E-state index contributed by atoms with van der Waals surface area (Å²) in [5.41, 5.74) is 5.58. The lowest BCUT2D eigenvalue weighted by Gasteiger charge is -2.35. The van der Waals surface area contributed by atoms with Crippen LogP contribution in [0.4, 0.5) is 4.39 Å². The fraction of sp³-hybridized carbons (Fsp3) is 0.500. The summed E-state index contributed by atoms with van der Waals surface area (Å²) in [6, 6.07) is 3.73. The van der Waals surface area contributed by atoms with Crippen LogP contribution in [-0.4, -0.2) is 35.0 Å². The van der Waals surface area contributed by atoms with E-state index in [-0.39, 0.29) is 23.3 Å². The Labute approximate surface area is 112 Å². The molecule has 1 aliphatic heterocycles. The number of phenols is 1. The van der Waals surface area contributed by atoms with Gasteiger partial charge in [-0.05, 0) is 44.4 Å². The lowest BCUT2D eigenvalue weighted by atomic mass is 9.98. The number of rotatable bonds is 3. The Hall–Kier alpha value is -1.62. The summed E-state index contributed by atoms with van der Waals surface area (Å²) in [6.07, 6.45) is 3.67. The third kappa shape index (κ3) is 3.04. The van der Waals surface area contributed by atoms with Gasteiger partial charge in [0.1, 0.15) is 11.6 Å². The zero-order valence-corrected chi connectivity index (χ0v) is 10.8. The maximum atomic E-state index is 13.7. The van der Waals surface area contributed by atoms with Gasteiger partial charge in [0.25, 0.3) is 5.91 Å². The molecule has 0 aliphatic carbocycles. The van der Waals surface area contributed by atoms with Gasteiger partial charge in [0.2, 0.25) is 0 Å². The molecule has 1 atom stereocenters. The smallest absolute Gasteiger partial charge is 0.257 e. The first kappa shape index (κ1) is 13.8. The Morgan fingerprint density at radius 1 is 1.47 bits per heavy atom. The van der Waals surface area contributed by atoms with Crippen LogP contribution in [0, 0.1) is 5.82 Å². The number of aromatic hydroxyl groups is 1. The minimum absolute atomic E-state index is 0.0155. The Kier molecular flexibility index (Phi) is 4.37. The maximum Gasteiger partial charge on any atom is 0.257 e. The van der Waals surface area contributed by atoms with Crippen molar-refractivity contribution >= 4 is 5.91 Å². The molecule has 3 N–H and O–H groups in total. The molecule has 19 heavy (non-hydrogen) atoms. The number of benzene rings is 1. The summed E-state index contributed by atoms with van der Waals surface area (Å²) in [6.45, 7) is 1.16. The van der Waals surface area contributed by atoms with Gasteiger partial charge in [-0.15, -0.1) is 0 Å². The molecule has 5 heteroatoms. The van der Waals surface area contributed by atoms with E-state index in [1.807, 2.05) is 0 Å². The number of likely N-dealkylation sites (tertiary alicyclic amines) is 1. The number of hydrogen-bond donors (Lipinski definition) is 2. The van der Waals surface area contributed by atoms with Crippen LogP contribution in [0.3, 0.4) is 0 Å². The average Bonchev–Trinajstić information content (AvgIpc) is 2.39. The third-order valence-corrected chi connectivity index (χ3v) is 3.57. The summed E-state index contributed by atoms with van der Waals surface area (Å²) < 4.78 is 13.7. The Morgan fingerprint density at radius 3 is 2.95 bits per heavy atom. The molecule has 0 radical (unpaired) electrons. The number of nitrogens with two attached hydrogens (primary N) is 1. The first-order valence-corrected chi connectivity index (χ1v) is 6.63. The van der Waals surface area contributed by atoms with E-state index in [0.29, 0.717) is 13.1 Å². The molecule has 2 rings (SSSR count). The zero-order chi connectivity index (χ0) is 13.8. The van der Waals surface area contributed by atoms with Gasteiger partial charge >= 0.3 is 0 Å². The molecule has 1 aliphatic rings. The van der Waals surface area contributed by atoms with Crippen molar-refractivity contribution in [1.29, 1.82) is 0 Å². The molecule has 0 bridgehead atoms. The number of amides is 1. The molecule has 1 heterocycles. The van der Waals surface area contributed by atoms with Crippen LogP contribution in [0.2, 0.25) is 0 Å². The molecule has 0 saturated carbocycles. The highest BCUT2D eigenvalue weighted by molar-refractivity contribution is 5.94. The third-order valence-electron chi connectivity index (χ3n) is 3.57. The van der Waals surface area contributed by atoms with E-state index in [0.717, 1.165) is 31.7 Å². The predicted octanol–water partition coefficient (Wildman–Crippen LogP) is 1.87. The van der Waals surface area contributed by atoms with Crippen molar-refractivity contribution in [2.75, 3.05) is 13.1 Å². The first-order valence-electron chi connectivity index (χ1n) is 6.63. The summed E-state index contributed by atoms with van der Waals surface area (Å²) in [7, 11) is 0. The van der Waals surface area contributed by atoms with Crippen LogP contribution in [0.25, 0.3) is 0 Å². The van der Waals surface area contributed by atoms with Crippen molar-refractivity contribution in [3.63, 3.8) is 0 Å². The highest BCUT2D eigenvalue weighted by Gasteiger charge is 2.28. The van der Waals surface area contributed by atoms with Gasteiger partial charge in [0.15, 0.2) is 0 Å². The van der Waals surface area contributed by atoms with Crippen LogP contribution < -0.4 is 5.73 Å². The molecule has 1 aromatic rings. The molecule has 1 fully saturated rings. The van der Waals surface area contributed by atoms with E-state index in [2.05, 4.69) is 0 Å². The van der Waals surface area contributed by atoms with Crippen LogP contribution in [-0.2, 0) is 0 Å². The fourth-order valence-corrected chi connectivity index (χ4v) is 2.59. The van der Waals surface area contributed by atoms with Crippen molar-refractivity contribution in [1.82, 2.24) is 4.90 Å². The number of hydrogen-bond acceptors (Lipinski definition) is 3. The average molecular weight is 266 g/mol. The monoisotopic (exact) mass is 266 g/mol. The van der Waals surface area contributed by atoms with Gasteiger partial charge in [-0.25, -0.2) is 4.39 Å². The van der Waals surface area contributed by atoms with E-state index in [1.54, 1.807) is 4.90 Å². The standard InChI is InChI=1S/C14H19FN2O2/c15-13-9-11(18)4-5-12(13)14(19)17-8-2-1-3-10(17)6-7-16/h4-5,9-10,18H,1-3,6-8,16H2. The van der Waals surface area contributed by atoms with Gasteiger partial charge < -0.3 is 15.7 Å². The molecule has 4 nitrogen and oxygen atoms in total. The Bertz CT molecular complexity index is 463. The fourth-order valence-electron chi connectivity index (χ4n) is 2.59. The SMILES string of the molecule is NCCC1CCCCN1C(=O)c1ccc(O)cc1F. The van der Waals surface area contributed by atoms with Crippen LogP contribution in [0.15, 0.2) is 18.2 Å². The second-order valence-corrected chi connectivity index (χ2v) is 4.89. The summed E-state index contributed by atoms with van der Waals surface area (Å²) >= 11 is 0. The van der Waals surface area contributed by atoms with Crippen molar-refractivity contribution in [2.24, 2.45) is 5.73 Å². The predicted molar refractivity (Wildman–Crippen MR) is 70.4 cm³/mol. The van der Waals surface area contributed by atoms with E-state index in [1.165, 1.54) is 12.1 Å². The van der Waals surface area contributed by atoms with Crippen LogP contribution >= 0.6 is 0 Å². The minimum atomic E-state index is -0.679. The largest absolute Gasteiger partial charge is 0.508 e. The molecule has 1 saturated heterocycles. The quantitative estimate of drug-likeness (QED) is 0.877. The topological polar surface area (TPSA) is 66.6 Å². The summed E-state index contributed by atoms with van der Waals surface area (Å²) in [5, 5.41) is 9.18. The number of nitrogens with zero attached hydrogens (tertiary/aromatic N) is 1. The molecule has 1 unspecified atom stereocenters. The van der Waals surface area contributed by atoms with E-state index in [9.17, 15) is 14.3 Å². The number of carbonyl (C=O) groups is 1. The van der Waals surface area contributed by atoms with Crippen LogP contribution in [0.5, 0.6) is 5.75 Å². The molecule has 0 aromatic heterocycles. The van der Waals surface area contributed by atoms with Crippen molar-refractivity contribution in [3.05, 3.63) is 29.6 Å². The molecule has 0 spiro atoms. The van der Waals surface area contributed by atoms with E-state index in [4.69, 9.17) is 5.73 Å². The molecule has 104 valence electrons. The maximum absolute atomic E-state index is 13.7. The molecule has 1 aromatic carbocycles. The highest BCUT2D eigenvalue weighted by atomic mass is 19.1. The number of carbonyl (C=O) groups excluding carboxylic acids is 1. The Morgan fingerprint density at radius 2 is 2.26 bits per heavy atom. The zero-order valence-electron chi connectivity index (χ0n) is 10.8. The second-order valence-electron chi connectivity index (χ2n) is 4.89. The van der Waals surface area contributed by atoms with E-state index < -0.39 is 5.82 Å². The van der Waals surface area contributed by atoms with Crippen molar-refractivity contribution < 1.29 is 14.3 Å². The number of halogens is 1. The lowest BCUT2D eigenvalue weighted by molar-refractivity contribution is 0.0600. The van der Waals surface area contributed by atoms with Gasteiger partial charge in [0, 0.05) is 18.7 Å². The van der Waals surface area contributed by atoms with Gasteiger partial charge in [0.05, 0.1) is 5.56 Å². The summed E-state index contributed by atoms with van der Waals surface area (Å²) in [4.78, 5) is 14.1. The number of phenolic OH excluding ortho intramolecular Hbond substituents is 1. The van der Waals surface area contributed by atoms with Gasteiger partial charge in [-0.2, -0.15) is 0 Å².